The molecule has 2 rings (SSSR count). The zero-order valence-electron chi connectivity index (χ0n) is 10.9. The first kappa shape index (κ1) is 14.3. The molecule has 0 saturated carbocycles. The normalized spacial score (nSPS) is 11.3. The summed E-state index contributed by atoms with van der Waals surface area (Å²) in [6.07, 6.45) is 0. The summed E-state index contributed by atoms with van der Waals surface area (Å²) in [5.74, 6) is 0. The summed E-state index contributed by atoms with van der Waals surface area (Å²) in [7, 11) is 0. The van der Waals surface area contributed by atoms with Crippen molar-refractivity contribution in [2.45, 2.75) is 25.9 Å². The van der Waals surface area contributed by atoms with E-state index in [1.54, 1.807) is 11.3 Å². The average Bonchev–Trinajstić information content (AvgIpc) is 2.85. The van der Waals surface area contributed by atoms with E-state index in [1.165, 1.54) is 10.4 Å². The van der Waals surface area contributed by atoms with Crippen molar-refractivity contribution in [3.63, 3.8) is 0 Å². The van der Waals surface area contributed by atoms with Gasteiger partial charge in [0.2, 0.25) is 0 Å². The van der Waals surface area contributed by atoms with Gasteiger partial charge in [-0.1, -0.05) is 28.1 Å². The Kier molecular flexibility index (Phi) is 4.41. The first-order valence-electron chi connectivity index (χ1n) is 6.01. The van der Waals surface area contributed by atoms with Crippen molar-refractivity contribution < 1.29 is 0 Å². The SMILES string of the molecule is CC(C)(NCc1ccc(C#N)s1)c1ccc(Br)cc1. The van der Waals surface area contributed by atoms with Gasteiger partial charge in [-0.05, 0) is 43.7 Å². The topological polar surface area (TPSA) is 35.8 Å². The van der Waals surface area contributed by atoms with Crippen molar-refractivity contribution in [2.75, 3.05) is 0 Å². The number of thiophene rings is 1. The number of hydrogen-bond acceptors (Lipinski definition) is 3. The van der Waals surface area contributed by atoms with Gasteiger partial charge < -0.3 is 5.32 Å². The van der Waals surface area contributed by atoms with Crippen molar-refractivity contribution in [2.24, 2.45) is 0 Å². The van der Waals surface area contributed by atoms with E-state index in [0.717, 1.165) is 15.9 Å². The largest absolute Gasteiger partial charge is 0.303 e. The number of nitrogens with one attached hydrogen (secondary N) is 1. The first-order valence-corrected chi connectivity index (χ1v) is 7.62. The molecule has 4 heteroatoms. The molecule has 1 aromatic carbocycles. The quantitative estimate of drug-likeness (QED) is 0.898. The van der Waals surface area contributed by atoms with Crippen LogP contribution in [0.4, 0.5) is 0 Å². The summed E-state index contributed by atoms with van der Waals surface area (Å²) in [6.45, 7) is 5.10. The average molecular weight is 335 g/mol. The summed E-state index contributed by atoms with van der Waals surface area (Å²) < 4.78 is 1.09. The fourth-order valence-corrected chi connectivity index (χ4v) is 2.82. The minimum absolute atomic E-state index is 0.0997. The molecule has 98 valence electrons. The van der Waals surface area contributed by atoms with Crippen molar-refractivity contribution in [1.82, 2.24) is 5.32 Å². The van der Waals surface area contributed by atoms with E-state index in [4.69, 9.17) is 5.26 Å². The smallest absolute Gasteiger partial charge is 0.110 e. The Morgan fingerprint density at radius 2 is 1.89 bits per heavy atom. The lowest BCUT2D eigenvalue weighted by atomic mass is 9.94. The molecule has 1 N–H and O–H groups in total. The molecule has 0 bridgehead atoms. The Balaban J connectivity index is 2.05. The molecule has 0 aliphatic heterocycles. The summed E-state index contributed by atoms with van der Waals surface area (Å²) in [6, 6.07) is 14.4. The van der Waals surface area contributed by atoms with Gasteiger partial charge in [0.05, 0.1) is 0 Å². The molecular weight excluding hydrogens is 320 g/mol. The molecular formula is C15H15BrN2S. The van der Waals surface area contributed by atoms with Crippen LogP contribution in [0.3, 0.4) is 0 Å². The van der Waals surface area contributed by atoms with Crippen LogP contribution in [0.1, 0.15) is 29.2 Å². The Morgan fingerprint density at radius 3 is 2.47 bits per heavy atom. The van der Waals surface area contributed by atoms with E-state index in [0.29, 0.717) is 0 Å². The Labute approximate surface area is 126 Å². The Hall–Kier alpha value is -1.15. The molecule has 0 spiro atoms. The third-order valence-electron chi connectivity index (χ3n) is 3.04. The summed E-state index contributed by atoms with van der Waals surface area (Å²) in [5.41, 5.74) is 1.14. The summed E-state index contributed by atoms with van der Waals surface area (Å²) in [5, 5.41) is 12.4. The van der Waals surface area contributed by atoms with Gasteiger partial charge in [0.25, 0.3) is 0 Å². The third-order valence-corrected chi connectivity index (χ3v) is 4.56. The van der Waals surface area contributed by atoms with Gasteiger partial charge in [-0.25, -0.2) is 0 Å². The fraction of sp³-hybridized carbons (Fsp3) is 0.267. The van der Waals surface area contributed by atoms with Crippen molar-refractivity contribution in [3.8, 4) is 6.07 Å². The molecule has 0 unspecified atom stereocenters. The predicted molar refractivity (Wildman–Crippen MR) is 83.0 cm³/mol. The maximum absolute atomic E-state index is 8.82. The van der Waals surface area contributed by atoms with Crippen LogP contribution in [0.2, 0.25) is 0 Å². The van der Waals surface area contributed by atoms with Crippen molar-refractivity contribution >= 4 is 27.3 Å². The van der Waals surface area contributed by atoms with Crippen molar-refractivity contribution in [1.29, 1.82) is 5.26 Å². The second-order valence-corrected chi connectivity index (χ2v) is 6.95. The van der Waals surface area contributed by atoms with E-state index in [9.17, 15) is 0 Å². The Morgan fingerprint density at radius 1 is 1.21 bits per heavy atom. The zero-order valence-corrected chi connectivity index (χ0v) is 13.3. The van der Waals surface area contributed by atoms with E-state index >= 15 is 0 Å². The number of hydrogen-bond donors (Lipinski definition) is 1. The molecule has 0 atom stereocenters. The number of rotatable bonds is 4. The van der Waals surface area contributed by atoms with Gasteiger partial charge in [0, 0.05) is 21.4 Å². The molecule has 2 nitrogen and oxygen atoms in total. The van der Waals surface area contributed by atoms with Crippen LogP contribution in [0.15, 0.2) is 40.9 Å². The highest BCUT2D eigenvalue weighted by Crippen LogP contribution is 2.23. The third kappa shape index (κ3) is 3.66. The highest BCUT2D eigenvalue weighted by atomic mass is 79.9. The maximum atomic E-state index is 8.82. The molecule has 0 radical (unpaired) electrons. The molecule has 0 aliphatic carbocycles. The maximum Gasteiger partial charge on any atom is 0.110 e. The van der Waals surface area contributed by atoms with Crippen LogP contribution < -0.4 is 5.32 Å². The fourth-order valence-electron chi connectivity index (χ4n) is 1.81. The number of benzene rings is 1. The molecule has 0 amide bonds. The minimum Gasteiger partial charge on any atom is -0.303 e. The van der Waals surface area contributed by atoms with E-state index < -0.39 is 0 Å². The first-order chi connectivity index (χ1) is 9.01. The van der Waals surface area contributed by atoms with Crippen LogP contribution in [-0.2, 0) is 12.1 Å². The molecule has 2 aromatic rings. The Bertz CT molecular complexity index is 593. The number of nitrogens with zero attached hydrogens (tertiary/aromatic N) is 1. The highest BCUT2D eigenvalue weighted by molar-refractivity contribution is 9.10. The number of nitriles is 1. The lowest BCUT2D eigenvalue weighted by Gasteiger charge is -2.27. The molecule has 1 heterocycles. The standard InChI is InChI=1S/C15H15BrN2S/c1-15(2,11-3-5-12(16)6-4-11)18-10-14-8-7-13(9-17)19-14/h3-8,18H,10H2,1-2H3. The van der Waals surface area contributed by atoms with Gasteiger partial charge >= 0.3 is 0 Å². The molecule has 1 aromatic heterocycles. The van der Waals surface area contributed by atoms with Gasteiger partial charge in [-0.15, -0.1) is 11.3 Å². The minimum atomic E-state index is -0.0997. The second-order valence-electron chi connectivity index (χ2n) is 4.86. The van der Waals surface area contributed by atoms with E-state index in [-0.39, 0.29) is 5.54 Å². The molecule has 19 heavy (non-hydrogen) atoms. The highest BCUT2D eigenvalue weighted by Gasteiger charge is 2.19. The van der Waals surface area contributed by atoms with Crippen LogP contribution in [0, 0.1) is 11.3 Å². The van der Waals surface area contributed by atoms with Gasteiger partial charge in [0.1, 0.15) is 10.9 Å². The predicted octanol–water partition coefficient (Wildman–Crippen LogP) is 4.41. The van der Waals surface area contributed by atoms with Gasteiger partial charge in [-0.3, -0.25) is 0 Å². The van der Waals surface area contributed by atoms with Gasteiger partial charge in [0.15, 0.2) is 0 Å². The van der Waals surface area contributed by atoms with Crippen LogP contribution in [-0.4, -0.2) is 0 Å². The molecule has 0 fully saturated rings. The van der Waals surface area contributed by atoms with Gasteiger partial charge in [-0.2, -0.15) is 5.26 Å². The number of halogens is 1. The lowest BCUT2D eigenvalue weighted by Crippen LogP contribution is -2.35. The zero-order chi connectivity index (χ0) is 13.9. The van der Waals surface area contributed by atoms with E-state index in [1.807, 2.05) is 12.1 Å². The van der Waals surface area contributed by atoms with Crippen LogP contribution in [0.25, 0.3) is 0 Å². The summed E-state index contributed by atoms with van der Waals surface area (Å²) >= 11 is 4.99. The molecule has 0 aliphatic rings. The monoisotopic (exact) mass is 334 g/mol. The van der Waals surface area contributed by atoms with Crippen LogP contribution in [0.5, 0.6) is 0 Å². The lowest BCUT2D eigenvalue weighted by molar-refractivity contribution is 0.403. The molecule has 0 saturated heterocycles. The van der Waals surface area contributed by atoms with Crippen molar-refractivity contribution in [3.05, 3.63) is 56.2 Å². The second kappa shape index (κ2) is 5.87. The van der Waals surface area contributed by atoms with E-state index in [2.05, 4.69) is 65.4 Å². The van der Waals surface area contributed by atoms with Crippen LogP contribution >= 0.6 is 27.3 Å². The summed E-state index contributed by atoms with van der Waals surface area (Å²) in [4.78, 5) is 1.94.